The second kappa shape index (κ2) is 10.7. The van der Waals surface area contributed by atoms with E-state index in [-0.39, 0.29) is 29.6 Å². The van der Waals surface area contributed by atoms with Crippen molar-refractivity contribution in [2.75, 3.05) is 16.8 Å². The van der Waals surface area contributed by atoms with Crippen LogP contribution in [0, 0.1) is 22.7 Å². The third-order valence-corrected chi connectivity index (χ3v) is 5.81. The first-order chi connectivity index (χ1) is 18.6. The normalized spacial score (nSPS) is 14.7. The molecule has 4 rings (SSSR count). The van der Waals surface area contributed by atoms with Crippen LogP contribution >= 0.6 is 0 Å². The van der Waals surface area contributed by atoms with E-state index in [1.165, 1.54) is 21.7 Å². The number of allylic oxidation sites excluding steroid dienone is 2. The Labute approximate surface area is 220 Å². The predicted octanol–water partition coefficient (Wildman–Crippen LogP) is 4.60. The third-order valence-electron chi connectivity index (χ3n) is 5.81. The molecular weight excluding hydrogens is 515 g/mol. The zero-order valence-electron chi connectivity index (χ0n) is 20.7. The van der Waals surface area contributed by atoms with Crippen LogP contribution in [0.4, 0.5) is 30.8 Å². The zero-order chi connectivity index (χ0) is 28.3. The molecule has 10 nitrogen and oxygen atoms in total. The standard InChI is InChI=1S/C26H20F3N7O3/c1-3-21-20(13-31)23(17-9-7-16(12-30)8-10-17)36-25(33-24(34-36)32-22(38)14-39-15(2)37)35(21)19-6-4-5-18(11-19)26(27,28)29/h4-11,23H,3,14H2,1-2H3,(H,32,34,38)/t23-/m1/s1. The number of benzene rings is 2. The van der Waals surface area contributed by atoms with E-state index in [2.05, 4.69) is 26.2 Å². The van der Waals surface area contributed by atoms with Crippen LogP contribution < -0.4 is 10.2 Å². The van der Waals surface area contributed by atoms with Gasteiger partial charge in [-0.3, -0.25) is 19.8 Å². The number of amides is 1. The first kappa shape index (κ1) is 26.9. The summed E-state index contributed by atoms with van der Waals surface area (Å²) in [6, 6.07) is 14.3. The zero-order valence-corrected chi connectivity index (χ0v) is 20.7. The quantitative estimate of drug-likeness (QED) is 0.452. The highest BCUT2D eigenvalue weighted by Gasteiger charge is 2.38. The molecular formula is C26H20F3N7O3. The van der Waals surface area contributed by atoms with Gasteiger partial charge in [0.25, 0.3) is 11.9 Å². The molecule has 1 aliphatic rings. The lowest BCUT2D eigenvalue weighted by molar-refractivity contribution is -0.145. The highest BCUT2D eigenvalue weighted by Crippen LogP contribution is 2.44. The lowest BCUT2D eigenvalue weighted by Crippen LogP contribution is -2.32. The van der Waals surface area contributed by atoms with Crippen LogP contribution in [0.5, 0.6) is 0 Å². The Morgan fingerprint density at radius 3 is 2.44 bits per heavy atom. The molecule has 0 spiro atoms. The van der Waals surface area contributed by atoms with Crippen molar-refractivity contribution in [1.29, 1.82) is 10.5 Å². The van der Waals surface area contributed by atoms with Crippen LogP contribution in [0.2, 0.25) is 0 Å². The maximum atomic E-state index is 13.6. The fraction of sp³-hybridized carbons (Fsp3) is 0.231. The molecule has 1 N–H and O–H groups in total. The number of hydrogen-bond donors (Lipinski definition) is 1. The minimum Gasteiger partial charge on any atom is -0.456 e. The molecule has 0 saturated heterocycles. The van der Waals surface area contributed by atoms with Gasteiger partial charge in [-0.2, -0.15) is 28.7 Å². The van der Waals surface area contributed by atoms with E-state index in [1.54, 1.807) is 31.2 Å². The molecule has 1 atom stereocenters. The highest BCUT2D eigenvalue weighted by atomic mass is 19.4. The first-order valence-corrected chi connectivity index (χ1v) is 11.6. The molecule has 0 aliphatic carbocycles. The topological polar surface area (TPSA) is 137 Å². The van der Waals surface area contributed by atoms with Crippen LogP contribution in [-0.2, 0) is 20.5 Å². The molecule has 1 aromatic heterocycles. The second-order valence-corrected chi connectivity index (χ2v) is 8.35. The van der Waals surface area contributed by atoms with Gasteiger partial charge in [0.15, 0.2) is 6.61 Å². The van der Waals surface area contributed by atoms with Gasteiger partial charge < -0.3 is 4.74 Å². The van der Waals surface area contributed by atoms with Crippen molar-refractivity contribution in [2.45, 2.75) is 32.5 Å². The van der Waals surface area contributed by atoms with E-state index in [0.717, 1.165) is 19.1 Å². The highest BCUT2D eigenvalue weighted by molar-refractivity contribution is 5.91. The van der Waals surface area contributed by atoms with Crippen LogP contribution in [0.3, 0.4) is 0 Å². The number of halogens is 3. The fourth-order valence-corrected chi connectivity index (χ4v) is 4.16. The van der Waals surface area contributed by atoms with E-state index in [1.807, 2.05) is 6.07 Å². The Hall–Kier alpha value is -5.17. The number of nitriles is 2. The van der Waals surface area contributed by atoms with Crippen molar-refractivity contribution in [3.8, 4) is 12.1 Å². The number of rotatable bonds is 6. The molecule has 13 heteroatoms. The van der Waals surface area contributed by atoms with E-state index in [9.17, 15) is 33.3 Å². The number of nitrogens with one attached hydrogen (secondary N) is 1. The van der Waals surface area contributed by atoms with Gasteiger partial charge in [-0.15, -0.1) is 5.10 Å². The molecule has 2 heterocycles. The van der Waals surface area contributed by atoms with E-state index >= 15 is 0 Å². The molecule has 1 amide bonds. The lowest BCUT2D eigenvalue weighted by Gasteiger charge is -2.35. The summed E-state index contributed by atoms with van der Waals surface area (Å²) in [7, 11) is 0. The average molecular weight is 535 g/mol. The molecule has 0 fully saturated rings. The number of ether oxygens (including phenoxy) is 1. The first-order valence-electron chi connectivity index (χ1n) is 11.6. The van der Waals surface area contributed by atoms with Crippen molar-refractivity contribution in [3.63, 3.8) is 0 Å². The van der Waals surface area contributed by atoms with Crippen molar-refractivity contribution >= 4 is 29.5 Å². The minimum atomic E-state index is -4.62. The maximum absolute atomic E-state index is 13.6. The van der Waals surface area contributed by atoms with Gasteiger partial charge in [-0.25, -0.2) is 4.68 Å². The van der Waals surface area contributed by atoms with E-state index in [4.69, 9.17) is 0 Å². The monoisotopic (exact) mass is 535 g/mol. The predicted molar refractivity (Wildman–Crippen MR) is 131 cm³/mol. The molecule has 3 aromatic rings. The summed E-state index contributed by atoms with van der Waals surface area (Å²) in [6.45, 7) is 2.28. The van der Waals surface area contributed by atoms with Crippen LogP contribution in [-0.4, -0.2) is 33.2 Å². The lowest BCUT2D eigenvalue weighted by atomic mass is 9.94. The Bertz CT molecular complexity index is 1550. The summed E-state index contributed by atoms with van der Waals surface area (Å²) in [6.07, 6.45) is -4.37. The SMILES string of the molecule is CCC1=C(C#N)[C@@H](c2ccc(C#N)cc2)n2nc(NC(=O)COC(C)=O)nc2N1c1cccc(C(F)(F)F)c1. The molecule has 198 valence electrons. The number of carbonyl (C=O) groups is 2. The van der Waals surface area contributed by atoms with Gasteiger partial charge in [0.1, 0.15) is 6.04 Å². The third kappa shape index (κ3) is 5.43. The summed E-state index contributed by atoms with van der Waals surface area (Å²) >= 11 is 0. The molecule has 0 radical (unpaired) electrons. The molecule has 1 aliphatic heterocycles. The van der Waals surface area contributed by atoms with Gasteiger partial charge in [0.05, 0.1) is 28.8 Å². The minimum absolute atomic E-state index is 0.0438. The number of fused-ring (bicyclic) bond motifs is 1. The number of esters is 1. The second-order valence-electron chi connectivity index (χ2n) is 8.35. The average Bonchev–Trinajstić information content (AvgIpc) is 3.32. The smallest absolute Gasteiger partial charge is 0.416 e. The van der Waals surface area contributed by atoms with E-state index in [0.29, 0.717) is 16.8 Å². The van der Waals surface area contributed by atoms with Gasteiger partial charge in [0, 0.05) is 18.3 Å². The fourth-order valence-electron chi connectivity index (χ4n) is 4.16. The number of alkyl halides is 3. The van der Waals surface area contributed by atoms with Gasteiger partial charge in [-0.05, 0) is 42.3 Å². The van der Waals surface area contributed by atoms with Gasteiger partial charge in [-0.1, -0.05) is 25.1 Å². The maximum Gasteiger partial charge on any atom is 0.416 e. The number of aromatic nitrogens is 3. The van der Waals surface area contributed by atoms with Crippen LogP contribution in [0.15, 0.2) is 59.8 Å². The summed E-state index contributed by atoms with van der Waals surface area (Å²) in [5.41, 5.74) is 0.696. The molecule has 0 bridgehead atoms. The van der Waals surface area contributed by atoms with Crippen LogP contribution in [0.25, 0.3) is 0 Å². The number of hydrogen-bond acceptors (Lipinski definition) is 8. The van der Waals surface area contributed by atoms with Gasteiger partial charge >= 0.3 is 12.1 Å². The Morgan fingerprint density at radius 1 is 1.13 bits per heavy atom. The number of nitrogens with zero attached hydrogens (tertiary/aromatic N) is 6. The molecule has 0 saturated carbocycles. The Balaban J connectivity index is 1.91. The summed E-state index contributed by atoms with van der Waals surface area (Å²) in [5, 5.41) is 26.2. The van der Waals surface area contributed by atoms with Crippen molar-refractivity contribution in [3.05, 3.63) is 76.5 Å². The molecule has 2 aromatic carbocycles. The molecule has 0 unspecified atom stereocenters. The van der Waals surface area contributed by atoms with Crippen molar-refractivity contribution in [2.24, 2.45) is 0 Å². The Kier molecular flexibility index (Phi) is 7.36. The van der Waals surface area contributed by atoms with Crippen molar-refractivity contribution in [1.82, 2.24) is 14.8 Å². The Morgan fingerprint density at radius 2 is 1.85 bits per heavy atom. The van der Waals surface area contributed by atoms with Gasteiger partial charge in [0.2, 0.25) is 5.95 Å². The number of carbonyl (C=O) groups excluding carboxylic acids is 2. The van der Waals surface area contributed by atoms with Crippen LogP contribution in [0.1, 0.15) is 43.0 Å². The summed E-state index contributed by atoms with van der Waals surface area (Å²) in [5.74, 6) is -1.58. The summed E-state index contributed by atoms with van der Waals surface area (Å²) < 4.78 is 46.7. The van der Waals surface area contributed by atoms with E-state index < -0.39 is 36.3 Å². The molecule has 39 heavy (non-hydrogen) atoms. The largest absolute Gasteiger partial charge is 0.456 e. The number of anilines is 3. The van der Waals surface area contributed by atoms with Crippen molar-refractivity contribution < 1.29 is 27.5 Å². The summed E-state index contributed by atoms with van der Waals surface area (Å²) in [4.78, 5) is 29.1.